The quantitative estimate of drug-likeness (QED) is 0.377. The van der Waals surface area contributed by atoms with Gasteiger partial charge in [-0.25, -0.2) is 0 Å². The lowest BCUT2D eigenvalue weighted by Gasteiger charge is -1.75. The van der Waals surface area contributed by atoms with E-state index < -0.39 is 5.34 Å². The molecule has 0 aromatic heterocycles. The molecule has 0 saturated carbocycles. The van der Waals surface area contributed by atoms with Gasteiger partial charge >= 0.3 is 0 Å². The molecule has 0 aliphatic heterocycles. The topological polar surface area (TPSA) is 3.24 Å². The van der Waals surface area contributed by atoms with Gasteiger partial charge in [-0.3, -0.25) is 0 Å². The Bertz CT molecular complexity index is 10.8. The Hall–Kier alpha value is -0.180. The van der Waals surface area contributed by atoms with Gasteiger partial charge in [0.2, 0.25) is 0 Å². The zero-order valence-corrected chi connectivity index (χ0v) is 2.20. The molecule has 0 rings (SSSR count). The van der Waals surface area contributed by atoms with Crippen LogP contribution in [0.25, 0.3) is 0 Å². The summed E-state index contributed by atoms with van der Waals surface area (Å²) in [6.45, 7) is 0. The highest BCUT2D eigenvalue weighted by molar-refractivity contribution is 3.69. The highest BCUT2D eigenvalue weighted by Crippen LogP contribution is 1.73. The predicted octanol–water partition coefficient (Wildman–Crippen LogP) is 0.687. The van der Waals surface area contributed by atoms with E-state index in [1.165, 1.54) is 0 Å². The molecule has 0 atom stereocenters. The van der Waals surface area contributed by atoms with E-state index in [2.05, 4.69) is 0 Å². The second-order valence-corrected chi connectivity index (χ2v) is 0.402. The molecular weight excluding hydrogens is 64.0 g/mol. The molecule has 0 radical (unpaired) electrons. The van der Waals surface area contributed by atoms with Crippen molar-refractivity contribution in [3.8, 4) is 0 Å². The SMILES string of the molecule is CN([19F])[19F]. The van der Waals surface area contributed by atoms with E-state index in [0.717, 1.165) is 0 Å². The van der Waals surface area contributed by atoms with Gasteiger partial charge in [0, 0.05) is 5.34 Å². The van der Waals surface area contributed by atoms with Gasteiger partial charge < -0.3 is 0 Å². The normalized spacial score (nSPS) is 9.00. The van der Waals surface area contributed by atoms with Gasteiger partial charge in [0.25, 0.3) is 0 Å². The van der Waals surface area contributed by atoms with Gasteiger partial charge in [-0.2, -0.15) is 0 Å². The van der Waals surface area contributed by atoms with Crippen molar-refractivity contribution in [3.05, 3.63) is 0 Å². The molecule has 4 heavy (non-hydrogen) atoms. The van der Waals surface area contributed by atoms with E-state index in [9.17, 15) is 8.96 Å². The molecule has 0 heterocycles. The van der Waals surface area contributed by atoms with E-state index in [4.69, 9.17) is 0 Å². The molecular formula is CH3F2N. The Morgan fingerprint density at radius 1 is 1.50 bits per heavy atom. The van der Waals surface area contributed by atoms with Crippen LogP contribution < -0.4 is 0 Å². The number of halogens is 2. The molecule has 0 aromatic rings. The van der Waals surface area contributed by atoms with E-state index in [1.54, 1.807) is 0 Å². The molecule has 0 aliphatic carbocycles. The van der Waals surface area contributed by atoms with Crippen molar-refractivity contribution >= 4 is 0 Å². The summed E-state index contributed by atoms with van der Waals surface area (Å²) in [6.07, 6.45) is 0. The first-order valence-electron chi connectivity index (χ1n) is 0.785. The van der Waals surface area contributed by atoms with Gasteiger partial charge in [-0.15, -0.1) is 8.96 Å². The molecule has 26 valence electrons. The Balaban J connectivity index is 2.32. The highest BCUT2D eigenvalue weighted by atomic mass is 19.4. The largest absolute Gasteiger partial charge is 0.102 e. The lowest BCUT2D eigenvalue weighted by atomic mass is 11.6. The first kappa shape index (κ1) is 3.82. The van der Waals surface area contributed by atoms with Gasteiger partial charge in [-0.1, -0.05) is 0 Å². The Morgan fingerprint density at radius 3 is 1.50 bits per heavy atom. The standard InChI is InChI=1S/CH3F2N/c1-4(2)3/h1H3/i2+0,3+0. The van der Waals surface area contributed by atoms with Crippen molar-refractivity contribution in [1.82, 2.24) is 5.34 Å². The van der Waals surface area contributed by atoms with Crippen molar-refractivity contribution in [3.63, 3.8) is 0 Å². The van der Waals surface area contributed by atoms with Crippen LogP contribution in [-0.2, 0) is 0 Å². The minimum Gasteiger partial charge on any atom is -0.102 e. The van der Waals surface area contributed by atoms with Crippen molar-refractivity contribution in [2.24, 2.45) is 0 Å². The van der Waals surface area contributed by atoms with Gasteiger partial charge in [0.15, 0.2) is 0 Å². The molecule has 0 amide bonds. The Morgan fingerprint density at radius 2 is 1.50 bits per heavy atom. The highest BCUT2D eigenvalue weighted by Gasteiger charge is 1.72. The minimum absolute atomic E-state index is 0.667. The van der Waals surface area contributed by atoms with Crippen LogP contribution in [0.4, 0.5) is 8.96 Å². The maximum Gasteiger partial charge on any atom is 0.0507 e. The van der Waals surface area contributed by atoms with Crippen molar-refractivity contribution in [2.45, 2.75) is 0 Å². The molecule has 1 nitrogen and oxygen atoms in total. The molecule has 0 unspecified atom stereocenters. The summed E-state index contributed by atoms with van der Waals surface area (Å²) in [5.74, 6) is 0. The smallest absolute Gasteiger partial charge is 0.0507 e. The fraction of sp³-hybridized carbons (Fsp3) is 1.00. The molecule has 0 spiro atoms. The second kappa shape index (κ2) is 1.17. The summed E-state index contributed by atoms with van der Waals surface area (Å²) in [5.41, 5.74) is 0. The van der Waals surface area contributed by atoms with Crippen LogP contribution in [0, 0.1) is 0 Å². The predicted molar refractivity (Wildman–Crippen MR) is 9.98 cm³/mol. The Kier molecular flexibility index (Phi) is 1.12. The number of nitrogens with zero attached hydrogens (tertiary/aromatic N) is 1. The van der Waals surface area contributed by atoms with E-state index in [1.807, 2.05) is 0 Å². The van der Waals surface area contributed by atoms with E-state index in [-0.39, 0.29) is 0 Å². The summed E-state index contributed by atoms with van der Waals surface area (Å²) in [5, 5.41) is -1.00. The average molecular weight is 67.0 g/mol. The maximum atomic E-state index is 10.2. The molecule has 0 bridgehead atoms. The van der Waals surface area contributed by atoms with Crippen molar-refractivity contribution in [2.75, 3.05) is 7.05 Å². The first-order chi connectivity index (χ1) is 1.73. The number of hydrogen-bond acceptors (Lipinski definition) is 1. The fourth-order valence-corrected chi connectivity index (χ4v) is 0. The third kappa shape index (κ3) is 37.8. The molecule has 0 saturated heterocycles. The zero-order chi connectivity index (χ0) is 3.58. The van der Waals surface area contributed by atoms with Crippen molar-refractivity contribution in [1.29, 1.82) is 0 Å². The van der Waals surface area contributed by atoms with E-state index >= 15 is 0 Å². The summed E-state index contributed by atoms with van der Waals surface area (Å²) in [4.78, 5) is 0. The van der Waals surface area contributed by atoms with Gasteiger partial charge in [0.1, 0.15) is 0 Å². The summed E-state index contributed by atoms with van der Waals surface area (Å²) in [7, 11) is 0.667. The van der Waals surface area contributed by atoms with Crippen LogP contribution in [0.1, 0.15) is 0 Å². The maximum absolute atomic E-state index is 10.2. The summed E-state index contributed by atoms with van der Waals surface area (Å²) < 4.78 is 20.3. The van der Waals surface area contributed by atoms with Crippen LogP contribution in [0.3, 0.4) is 0 Å². The second-order valence-electron chi connectivity index (χ2n) is 0.402. The third-order valence-corrected chi connectivity index (χ3v) is 0. The minimum atomic E-state index is -1.00. The van der Waals surface area contributed by atoms with E-state index in [0.29, 0.717) is 7.05 Å². The fourth-order valence-electron chi connectivity index (χ4n) is 0. The van der Waals surface area contributed by atoms with Gasteiger partial charge in [-0.05, 0) is 0 Å². The molecule has 0 aromatic carbocycles. The number of rotatable bonds is 0. The monoisotopic (exact) mass is 67.0 g/mol. The third-order valence-electron chi connectivity index (χ3n) is 0. The van der Waals surface area contributed by atoms with Crippen LogP contribution in [0.2, 0.25) is 0 Å². The summed E-state index contributed by atoms with van der Waals surface area (Å²) >= 11 is 0. The molecule has 0 aliphatic rings. The summed E-state index contributed by atoms with van der Waals surface area (Å²) in [6, 6.07) is 0. The lowest BCUT2D eigenvalue weighted by Crippen LogP contribution is -1.82. The van der Waals surface area contributed by atoms with Crippen LogP contribution in [0.5, 0.6) is 0 Å². The lowest BCUT2D eigenvalue weighted by molar-refractivity contribution is -0.126. The average Bonchev–Trinajstić information content (AvgIpc) is 0.811. The molecule has 3 heteroatoms. The molecule has 0 N–H and O–H groups in total. The number of hydrogen-bond donors (Lipinski definition) is 0. The van der Waals surface area contributed by atoms with Crippen LogP contribution >= 0.6 is 0 Å². The Labute approximate surface area is 22.7 Å². The first-order valence-corrected chi connectivity index (χ1v) is 0.785. The van der Waals surface area contributed by atoms with Crippen LogP contribution in [0.15, 0.2) is 0 Å². The molecule has 0 fully saturated rings. The van der Waals surface area contributed by atoms with Crippen molar-refractivity contribution < 1.29 is 8.96 Å². The zero-order valence-electron chi connectivity index (χ0n) is 2.20. The van der Waals surface area contributed by atoms with Crippen LogP contribution in [-0.4, -0.2) is 12.4 Å². The van der Waals surface area contributed by atoms with Gasteiger partial charge in [0.05, 0.1) is 7.05 Å².